The van der Waals surface area contributed by atoms with Crippen LogP contribution in [0.5, 0.6) is 0 Å². The number of carbonyl (C=O) groups is 1. The molecule has 20 heavy (non-hydrogen) atoms. The normalized spacial score (nSPS) is 10.7. The lowest BCUT2D eigenvalue weighted by atomic mass is 10.0. The van der Waals surface area contributed by atoms with Crippen LogP contribution in [-0.2, 0) is 0 Å². The molecule has 2 N–H and O–H groups in total. The van der Waals surface area contributed by atoms with Crippen molar-refractivity contribution >= 4 is 38.3 Å². The molecule has 0 aliphatic heterocycles. The van der Waals surface area contributed by atoms with Crippen LogP contribution in [-0.4, -0.2) is 10.8 Å². The van der Waals surface area contributed by atoms with Gasteiger partial charge in [0.25, 0.3) is 0 Å². The first kappa shape index (κ1) is 12.8. The summed E-state index contributed by atoms with van der Waals surface area (Å²) in [6.07, 6.45) is 1.73. The number of ketones is 1. The van der Waals surface area contributed by atoms with Gasteiger partial charge in [0.05, 0.1) is 5.52 Å². The first-order valence-electron chi connectivity index (χ1n) is 6.09. The summed E-state index contributed by atoms with van der Waals surface area (Å²) >= 11 is 3.36. The number of aromatic nitrogens is 1. The third-order valence-electron chi connectivity index (χ3n) is 3.13. The Balaban J connectivity index is 2.10. The van der Waals surface area contributed by atoms with Crippen molar-refractivity contribution in [1.29, 1.82) is 0 Å². The molecule has 1 heterocycles. The van der Waals surface area contributed by atoms with Crippen molar-refractivity contribution in [3.8, 4) is 0 Å². The number of benzene rings is 2. The van der Waals surface area contributed by atoms with Crippen molar-refractivity contribution in [3.63, 3.8) is 0 Å². The fourth-order valence-corrected chi connectivity index (χ4v) is 2.46. The molecule has 3 aromatic rings. The van der Waals surface area contributed by atoms with E-state index >= 15 is 0 Å². The molecule has 0 aliphatic rings. The predicted octanol–water partition coefficient (Wildman–Crippen LogP) is 3.81. The van der Waals surface area contributed by atoms with Crippen LogP contribution in [0.3, 0.4) is 0 Å². The smallest absolute Gasteiger partial charge is 0.195 e. The van der Waals surface area contributed by atoms with E-state index in [0.717, 1.165) is 15.4 Å². The molecular weight excluding hydrogens is 316 g/mol. The minimum absolute atomic E-state index is 0.0884. The first-order valence-corrected chi connectivity index (χ1v) is 6.89. The van der Waals surface area contributed by atoms with Gasteiger partial charge in [-0.15, -0.1) is 0 Å². The minimum Gasteiger partial charge on any atom is -0.398 e. The Morgan fingerprint density at radius 2 is 1.95 bits per heavy atom. The first-order chi connectivity index (χ1) is 9.65. The largest absolute Gasteiger partial charge is 0.398 e. The highest BCUT2D eigenvalue weighted by Crippen LogP contribution is 2.23. The van der Waals surface area contributed by atoms with E-state index in [2.05, 4.69) is 20.9 Å². The van der Waals surface area contributed by atoms with Crippen molar-refractivity contribution in [1.82, 2.24) is 4.98 Å². The van der Waals surface area contributed by atoms with E-state index in [9.17, 15) is 4.79 Å². The number of halogens is 1. The summed E-state index contributed by atoms with van der Waals surface area (Å²) in [6, 6.07) is 14.5. The maximum absolute atomic E-state index is 12.5. The summed E-state index contributed by atoms with van der Waals surface area (Å²) in [5.41, 5.74) is 8.34. The van der Waals surface area contributed by atoms with E-state index in [1.54, 1.807) is 24.4 Å². The monoisotopic (exact) mass is 326 g/mol. The van der Waals surface area contributed by atoms with Crippen molar-refractivity contribution in [2.24, 2.45) is 0 Å². The van der Waals surface area contributed by atoms with Crippen LogP contribution in [0, 0.1) is 0 Å². The van der Waals surface area contributed by atoms with E-state index in [4.69, 9.17) is 5.73 Å². The quantitative estimate of drug-likeness (QED) is 0.575. The number of pyridine rings is 1. The standard InChI is InChI=1S/C16H11BrN2O/c17-12-4-5-14(18)13(9-12)16(20)11-3-6-15-10(8-11)2-1-7-19-15/h1-9H,18H2. The molecular formula is C16H11BrN2O. The van der Waals surface area contributed by atoms with Crippen LogP contribution in [0.4, 0.5) is 5.69 Å². The Bertz CT molecular complexity index is 814. The summed E-state index contributed by atoms with van der Waals surface area (Å²) in [6.45, 7) is 0. The Kier molecular flexibility index (Phi) is 3.24. The van der Waals surface area contributed by atoms with Gasteiger partial charge in [0.15, 0.2) is 5.78 Å². The van der Waals surface area contributed by atoms with Gasteiger partial charge in [-0.3, -0.25) is 9.78 Å². The van der Waals surface area contributed by atoms with Gasteiger partial charge in [-0.05, 0) is 42.5 Å². The van der Waals surface area contributed by atoms with Gasteiger partial charge in [0.2, 0.25) is 0 Å². The number of hydrogen-bond acceptors (Lipinski definition) is 3. The molecule has 3 nitrogen and oxygen atoms in total. The van der Waals surface area contributed by atoms with E-state index in [1.165, 1.54) is 0 Å². The molecule has 3 rings (SSSR count). The fourth-order valence-electron chi connectivity index (χ4n) is 2.10. The number of carbonyl (C=O) groups excluding carboxylic acids is 1. The summed E-state index contributed by atoms with van der Waals surface area (Å²) in [5, 5.41) is 0.937. The Hall–Kier alpha value is -2.20. The number of rotatable bonds is 2. The highest BCUT2D eigenvalue weighted by atomic mass is 79.9. The number of hydrogen-bond donors (Lipinski definition) is 1. The van der Waals surface area contributed by atoms with Gasteiger partial charge in [-0.2, -0.15) is 0 Å². The zero-order valence-corrected chi connectivity index (χ0v) is 12.1. The predicted molar refractivity (Wildman–Crippen MR) is 83.7 cm³/mol. The molecule has 0 saturated carbocycles. The maximum atomic E-state index is 12.5. The van der Waals surface area contributed by atoms with Crippen LogP contribution in [0.15, 0.2) is 59.2 Å². The van der Waals surface area contributed by atoms with Crippen molar-refractivity contribution in [2.45, 2.75) is 0 Å². The van der Waals surface area contributed by atoms with E-state index < -0.39 is 0 Å². The zero-order chi connectivity index (χ0) is 14.1. The zero-order valence-electron chi connectivity index (χ0n) is 10.5. The number of anilines is 1. The second kappa shape index (κ2) is 5.06. The Labute approximate surface area is 124 Å². The summed E-state index contributed by atoms with van der Waals surface area (Å²) in [4.78, 5) is 16.8. The average molecular weight is 327 g/mol. The SMILES string of the molecule is Nc1ccc(Br)cc1C(=O)c1ccc2ncccc2c1. The van der Waals surface area contributed by atoms with Gasteiger partial charge < -0.3 is 5.73 Å². The third kappa shape index (κ3) is 2.30. The molecule has 0 amide bonds. The molecule has 1 aromatic heterocycles. The van der Waals surface area contributed by atoms with Crippen LogP contribution >= 0.6 is 15.9 Å². The number of nitrogens with two attached hydrogens (primary N) is 1. The highest BCUT2D eigenvalue weighted by Gasteiger charge is 2.13. The van der Waals surface area contributed by atoms with E-state index in [0.29, 0.717) is 16.8 Å². The maximum Gasteiger partial charge on any atom is 0.195 e. The second-order valence-corrected chi connectivity index (χ2v) is 5.39. The number of nitrogen functional groups attached to an aromatic ring is 1. The molecule has 0 bridgehead atoms. The topological polar surface area (TPSA) is 56.0 Å². The molecule has 0 atom stereocenters. The van der Waals surface area contributed by atoms with E-state index in [1.807, 2.05) is 30.3 Å². The van der Waals surface area contributed by atoms with Gasteiger partial charge >= 0.3 is 0 Å². The van der Waals surface area contributed by atoms with Crippen molar-refractivity contribution < 1.29 is 4.79 Å². The van der Waals surface area contributed by atoms with Crippen molar-refractivity contribution in [3.05, 3.63) is 70.3 Å². The molecule has 98 valence electrons. The van der Waals surface area contributed by atoms with Crippen LogP contribution in [0.25, 0.3) is 10.9 Å². The van der Waals surface area contributed by atoms with Gasteiger partial charge in [-0.25, -0.2) is 0 Å². The van der Waals surface area contributed by atoms with Gasteiger partial charge in [-0.1, -0.05) is 22.0 Å². The summed E-state index contributed by atoms with van der Waals surface area (Å²) in [7, 11) is 0. The van der Waals surface area contributed by atoms with Crippen LogP contribution in [0.1, 0.15) is 15.9 Å². The van der Waals surface area contributed by atoms with Crippen LogP contribution in [0.2, 0.25) is 0 Å². The molecule has 4 heteroatoms. The lowest BCUT2D eigenvalue weighted by Gasteiger charge is -2.06. The number of fused-ring (bicyclic) bond motifs is 1. The summed E-state index contributed by atoms with van der Waals surface area (Å²) < 4.78 is 0.831. The summed E-state index contributed by atoms with van der Waals surface area (Å²) in [5.74, 6) is -0.0884. The lowest BCUT2D eigenvalue weighted by molar-refractivity contribution is 0.103. The van der Waals surface area contributed by atoms with Gasteiger partial charge in [0.1, 0.15) is 0 Å². The molecule has 0 unspecified atom stereocenters. The average Bonchev–Trinajstić information content (AvgIpc) is 2.48. The fraction of sp³-hybridized carbons (Fsp3) is 0. The Morgan fingerprint density at radius 1 is 1.10 bits per heavy atom. The lowest BCUT2D eigenvalue weighted by Crippen LogP contribution is -2.05. The molecule has 0 fully saturated rings. The highest BCUT2D eigenvalue weighted by molar-refractivity contribution is 9.10. The Morgan fingerprint density at radius 3 is 2.80 bits per heavy atom. The van der Waals surface area contributed by atoms with E-state index in [-0.39, 0.29) is 5.78 Å². The molecule has 0 radical (unpaired) electrons. The minimum atomic E-state index is -0.0884. The van der Waals surface area contributed by atoms with Crippen molar-refractivity contribution in [2.75, 3.05) is 5.73 Å². The number of nitrogens with zero attached hydrogens (tertiary/aromatic N) is 1. The van der Waals surface area contributed by atoms with Gasteiger partial charge in [0, 0.05) is 32.9 Å². The molecule has 0 saturated heterocycles. The second-order valence-electron chi connectivity index (χ2n) is 4.47. The molecule has 2 aromatic carbocycles. The van der Waals surface area contributed by atoms with Crippen LogP contribution < -0.4 is 5.73 Å². The molecule has 0 spiro atoms. The third-order valence-corrected chi connectivity index (χ3v) is 3.62. The molecule has 0 aliphatic carbocycles.